The Hall–Kier alpha value is -2.44. The number of hydrogen-bond donors (Lipinski definition) is 9. The Bertz CT molecular complexity index is 1820. The van der Waals surface area contributed by atoms with Gasteiger partial charge in [-0.15, -0.1) is 0 Å². The normalized spacial score (nSPS) is 30.3. The van der Waals surface area contributed by atoms with E-state index in [1.807, 2.05) is 0 Å². The Labute approximate surface area is 274 Å². The van der Waals surface area contributed by atoms with Gasteiger partial charge < -0.3 is 55.8 Å². The predicted molar refractivity (Wildman–Crippen MR) is 158 cm³/mol. The van der Waals surface area contributed by atoms with Crippen LogP contribution < -0.4 is 16.0 Å². The lowest BCUT2D eigenvalue weighted by Crippen LogP contribution is -2.46. The molecule has 3 aromatic rings. The van der Waals surface area contributed by atoms with Crippen molar-refractivity contribution in [2.24, 2.45) is 5.73 Å². The molecule has 27 heteroatoms. The molecule has 2 aliphatic rings. The first-order valence-corrected chi connectivity index (χ1v) is 18.3. The van der Waals surface area contributed by atoms with Crippen LogP contribution in [0.25, 0.3) is 11.2 Å². The molecule has 5 rings (SSSR count). The molecule has 0 spiro atoms. The molecule has 0 bridgehead atoms. The van der Waals surface area contributed by atoms with E-state index in [0.717, 1.165) is 17.2 Å². The molecule has 23 nitrogen and oxygen atoms in total. The number of phosphoric ester groups is 3. The number of hydrogen-bond acceptors (Lipinski definition) is 17. The van der Waals surface area contributed by atoms with Gasteiger partial charge in [0.25, 0.3) is 6.23 Å². The number of aliphatic hydroxyl groups excluding tert-OH is 3. The van der Waals surface area contributed by atoms with Crippen LogP contribution in [-0.4, -0.2) is 109 Å². The van der Waals surface area contributed by atoms with Crippen molar-refractivity contribution in [1.29, 1.82) is 0 Å². The summed E-state index contributed by atoms with van der Waals surface area (Å²) in [5.74, 6) is -0.0510. The monoisotopic (exact) mass is 760 g/mol. The number of anilines is 1. The van der Waals surface area contributed by atoms with Gasteiger partial charge in [-0.1, -0.05) is 12.2 Å². The van der Waals surface area contributed by atoms with E-state index in [0.29, 0.717) is 5.56 Å². The van der Waals surface area contributed by atoms with Crippen molar-refractivity contribution in [2.75, 3.05) is 18.9 Å². The number of pyridine rings is 1. The highest BCUT2D eigenvalue weighted by atomic mass is 32.1. The molecule has 48 heavy (non-hydrogen) atoms. The minimum atomic E-state index is -5.50. The quantitative estimate of drug-likeness (QED) is 0.0499. The molecule has 0 aliphatic carbocycles. The van der Waals surface area contributed by atoms with Crippen molar-refractivity contribution in [2.45, 2.75) is 49.1 Å². The van der Waals surface area contributed by atoms with Crippen LogP contribution >= 0.6 is 35.7 Å². The Kier molecular flexibility index (Phi) is 10.8. The van der Waals surface area contributed by atoms with E-state index in [2.05, 4.69) is 19.3 Å². The van der Waals surface area contributed by atoms with Crippen LogP contribution in [0, 0.1) is 0 Å². The van der Waals surface area contributed by atoms with Crippen LogP contribution in [-0.2, 0) is 41.1 Å². The van der Waals surface area contributed by atoms with E-state index in [1.54, 1.807) is 12.1 Å². The number of thiocarbonyl (C=S) groups is 1. The highest BCUT2D eigenvalue weighted by Crippen LogP contribution is 2.61. The second kappa shape index (κ2) is 14.1. The SMILES string of the molecule is NC(=S)c1ccc[n+]([C@@H]2O[C@@H](COP(=O)(O)OP(=O)(O)OC[C@@H]3O[C@@H](n4cnc5c(N)ncnc54)[C@@H](OP(=O)(O)O)[C@H]3O)[C@@H](O)[C@H]2O)c1. The van der Waals surface area contributed by atoms with E-state index in [-0.39, 0.29) is 22.0 Å². The van der Waals surface area contributed by atoms with Crippen molar-refractivity contribution in [3.63, 3.8) is 0 Å². The topological polar surface area (TPSA) is 348 Å². The van der Waals surface area contributed by atoms with E-state index >= 15 is 0 Å². The largest absolute Gasteiger partial charge is 0.481 e. The van der Waals surface area contributed by atoms with Gasteiger partial charge in [0, 0.05) is 6.07 Å². The maximum absolute atomic E-state index is 12.6. The minimum absolute atomic E-state index is 0.0112. The van der Waals surface area contributed by atoms with Crippen molar-refractivity contribution in [3.05, 3.63) is 42.7 Å². The molecule has 2 saturated heterocycles. The number of nitrogens with two attached hydrogens (primary N) is 2. The first-order chi connectivity index (χ1) is 22.4. The molecular weight excluding hydrogens is 731 g/mol. The lowest BCUT2D eigenvalue weighted by Gasteiger charge is -2.22. The lowest BCUT2D eigenvalue weighted by molar-refractivity contribution is -0.765. The number of rotatable bonds is 13. The zero-order valence-electron chi connectivity index (χ0n) is 23.9. The van der Waals surface area contributed by atoms with E-state index < -0.39 is 85.8 Å². The van der Waals surface area contributed by atoms with Gasteiger partial charge in [0.2, 0.25) is 0 Å². The molecule has 10 atom stereocenters. The second-order valence-electron chi connectivity index (χ2n) is 10.3. The van der Waals surface area contributed by atoms with Crippen LogP contribution in [0.3, 0.4) is 0 Å². The third-order valence-corrected chi connectivity index (χ3v) is 10.3. The van der Waals surface area contributed by atoms with Crippen LogP contribution in [0.4, 0.5) is 5.82 Å². The third kappa shape index (κ3) is 8.29. The molecule has 3 aromatic heterocycles. The summed E-state index contributed by atoms with van der Waals surface area (Å²) < 4.78 is 68.7. The standard InChI is InChI=1S/C21H28N7O16P3S/c22-17-12-19(25-7-24-17)28(8-26-12)21-16(43-45(32,33)34)14(30)11(42-21)6-40-47(37,38)44-46(35,36)39-5-10-13(29)15(31)20(41-10)27-3-1-2-9(4-27)18(23)48/h1-4,7-8,10-11,13-16,20-21,29-31H,5-6H2,(H7-,22,23,24,25,32,33,34,35,36,37,38,48)/p+1/t10-,11-,13+,14-,15+,16-,20+,21+/m0/s1. The Balaban J connectivity index is 1.21. The molecule has 2 aliphatic heterocycles. The van der Waals surface area contributed by atoms with Gasteiger partial charge >= 0.3 is 23.5 Å². The number of aliphatic hydroxyl groups is 3. The van der Waals surface area contributed by atoms with Crippen LogP contribution in [0.1, 0.15) is 18.0 Å². The zero-order chi connectivity index (χ0) is 35.2. The van der Waals surface area contributed by atoms with E-state index in [1.165, 1.54) is 17.0 Å². The van der Waals surface area contributed by atoms with E-state index in [4.69, 9.17) is 46.7 Å². The Morgan fingerprint density at radius 3 is 2.25 bits per heavy atom. The fourth-order valence-corrected chi connectivity index (χ4v) is 7.59. The molecule has 11 N–H and O–H groups in total. The Morgan fingerprint density at radius 1 is 0.979 bits per heavy atom. The van der Waals surface area contributed by atoms with Gasteiger partial charge in [0.15, 0.2) is 36.2 Å². The van der Waals surface area contributed by atoms with Crippen molar-refractivity contribution >= 4 is 57.7 Å². The van der Waals surface area contributed by atoms with Crippen molar-refractivity contribution in [3.8, 4) is 0 Å². The fourth-order valence-electron chi connectivity index (χ4n) is 4.83. The summed E-state index contributed by atoms with van der Waals surface area (Å²) in [5.41, 5.74) is 11.9. The number of phosphoric acid groups is 3. The van der Waals surface area contributed by atoms with Gasteiger partial charge in [-0.05, 0) is 6.07 Å². The average molecular weight is 760 g/mol. The summed E-state index contributed by atoms with van der Waals surface area (Å²) in [6.07, 6.45) is -7.76. The number of imidazole rings is 1. The highest BCUT2D eigenvalue weighted by Gasteiger charge is 2.51. The number of aromatic nitrogens is 5. The van der Waals surface area contributed by atoms with Gasteiger partial charge in [-0.25, -0.2) is 28.6 Å². The minimum Gasteiger partial charge on any atom is -0.389 e. The van der Waals surface area contributed by atoms with Crippen molar-refractivity contribution in [1.82, 2.24) is 19.5 Å². The molecule has 5 heterocycles. The van der Waals surface area contributed by atoms with E-state index in [9.17, 15) is 48.6 Å². The first-order valence-electron chi connectivity index (χ1n) is 13.3. The first kappa shape index (κ1) is 36.8. The summed E-state index contributed by atoms with van der Waals surface area (Å²) in [5, 5.41) is 31.6. The summed E-state index contributed by atoms with van der Waals surface area (Å²) in [7, 11) is -16.2. The number of nitrogens with zero attached hydrogens (tertiary/aromatic N) is 5. The maximum atomic E-state index is 12.6. The summed E-state index contributed by atoms with van der Waals surface area (Å²) in [6, 6.07) is 3.13. The molecule has 264 valence electrons. The maximum Gasteiger partial charge on any atom is 0.481 e. The average Bonchev–Trinajstić information content (AvgIpc) is 3.64. The zero-order valence-corrected chi connectivity index (χ0v) is 27.4. The van der Waals surface area contributed by atoms with Gasteiger partial charge in [0.1, 0.15) is 47.4 Å². The smallest absolute Gasteiger partial charge is 0.389 e. The lowest BCUT2D eigenvalue weighted by atomic mass is 10.1. The molecule has 0 aromatic carbocycles. The summed E-state index contributed by atoms with van der Waals surface area (Å²) >= 11 is 4.92. The summed E-state index contributed by atoms with van der Waals surface area (Å²) in [6.45, 7) is -1.98. The van der Waals surface area contributed by atoms with Crippen molar-refractivity contribution < 1.29 is 80.5 Å². The van der Waals surface area contributed by atoms with Gasteiger partial charge in [0.05, 0.1) is 25.1 Å². The molecular formula is C21H29N7O16P3S+. The number of fused-ring (bicyclic) bond motifs is 1. The summed E-state index contributed by atoms with van der Waals surface area (Å²) in [4.78, 5) is 50.8. The van der Waals surface area contributed by atoms with Gasteiger partial charge in [-0.3, -0.25) is 18.1 Å². The van der Waals surface area contributed by atoms with Crippen LogP contribution in [0.2, 0.25) is 0 Å². The third-order valence-electron chi connectivity index (χ3n) is 6.98. The fraction of sp³-hybridized carbons (Fsp3) is 0.476. The molecule has 0 amide bonds. The molecule has 2 fully saturated rings. The predicted octanol–water partition coefficient (Wildman–Crippen LogP) is -2.36. The number of ether oxygens (including phenoxy) is 2. The van der Waals surface area contributed by atoms with Crippen LogP contribution in [0.5, 0.6) is 0 Å². The molecule has 2 unspecified atom stereocenters. The second-order valence-corrected chi connectivity index (χ2v) is 14.9. The molecule has 0 radical (unpaired) electrons. The molecule has 0 saturated carbocycles. The van der Waals surface area contributed by atoms with Crippen LogP contribution in [0.15, 0.2) is 37.2 Å². The highest BCUT2D eigenvalue weighted by molar-refractivity contribution is 7.80. The Morgan fingerprint density at radius 2 is 1.62 bits per heavy atom. The number of nitrogen functional groups attached to an aromatic ring is 1. The van der Waals surface area contributed by atoms with Gasteiger partial charge in [-0.2, -0.15) is 8.88 Å².